The Morgan fingerprint density at radius 1 is 1.06 bits per heavy atom. The summed E-state index contributed by atoms with van der Waals surface area (Å²) >= 11 is 0. The predicted octanol–water partition coefficient (Wildman–Crippen LogP) is 0.162. The molecule has 1 aliphatic rings. The summed E-state index contributed by atoms with van der Waals surface area (Å²) in [5.41, 5.74) is 1.26. The van der Waals surface area contributed by atoms with Crippen LogP contribution < -0.4 is 4.90 Å². The van der Waals surface area contributed by atoms with Gasteiger partial charge < -0.3 is 15.1 Å². The van der Waals surface area contributed by atoms with Crippen molar-refractivity contribution in [3.8, 4) is 0 Å². The highest BCUT2D eigenvalue weighted by Gasteiger charge is 2.18. The van der Waals surface area contributed by atoms with Crippen LogP contribution in [0.25, 0.3) is 0 Å². The van der Waals surface area contributed by atoms with Crippen LogP contribution >= 0.6 is 0 Å². The van der Waals surface area contributed by atoms with E-state index in [2.05, 4.69) is 34.1 Å². The first-order valence-corrected chi connectivity index (χ1v) is 6.11. The molecule has 0 amide bonds. The normalized spacial score (nSPS) is 19.3. The van der Waals surface area contributed by atoms with Crippen molar-refractivity contribution in [2.75, 3.05) is 44.2 Å². The Bertz CT molecular complexity index is 323. The van der Waals surface area contributed by atoms with Crippen LogP contribution in [0.15, 0.2) is 30.3 Å². The Balaban J connectivity index is 1.82. The number of piperazine rings is 1. The number of hydrogen-bond donors (Lipinski definition) is 2. The second kappa shape index (κ2) is 6.00. The fourth-order valence-electron chi connectivity index (χ4n) is 2.18. The molecule has 94 valence electrons. The van der Waals surface area contributed by atoms with Gasteiger partial charge in [-0.1, -0.05) is 18.2 Å². The Kier molecular flexibility index (Phi) is 4.36. The van der Waals surface area contributed by atoms with E-state index in [0.717, 1.165) is 26.2 Å². The quantitative estimate of drug-likeness (QED) is 0.782. The summed E-state index contributed by atoms with van der Waals surface area (Å²) in [7, 11) is 0. The van der Waals surface area contributed by atoms with Crippen molar-refractivity contribution in [1.29, 1.82) is 0 Å². The molecule has 0 aliphatic carbocycles. The molecule has 0 saturated carbocycles. The van der Waals surface area contributed by atoms with Crippen molar-refractivity contribution in [3.05, 3.63) is 30.3 Å². The number of aliphatic hydroxyl groups excluding tert-OH is 2. The first-order valence-electron chi connectivity index (χ1n) is 6.11. The zero-order valence-corrected chi connectivity index (χ0v) is 10.00. The third kappa shape index (κ3) is 3.43. The summed E-state index contributed by atoms with van der Waals surface area (Å²) in [5, 5.41) is 18.2. The maximum absolute atomic E-state index is 9.39. The highest BCUT2D eigenvalue weighted by Crippen LogP contribution is 2.15. The van der Waals surface area contributed by atoms with Crippen molar-refractivity contribution >= 4 is 5.69 Å². The average molecular weight is 236 g/mol. The van der Waals surface area contributed by atoms with Gasteiger partial charge in [-0.15, -0.1) is 0 Å². The Morgan fingerprint density at radius 2 is 1.71 bits per heavy atom. The van der Waals surface area contributed by atoms with Gasteiger partial charge >= 0.3 is 0 Å². The summed E-state index contributed by atoms with van der Waals surface area (Å²) in [6.45, 7) is 4.24. The highest BCUT2D eigenvalue weighted by atomic mass is 16.3. The van der Waals surface area contributed by atoms with E-state index in [1.807, 2.05) is 6.07 Å². The molecule has 4 heteroatoms. The van der Waals surface area contributed by atoms with Crippen LogP contribution in [-0.2, 0) is 0 Å². The van der Waals surface area contributed by atoms with Gasteiger partial charge in [0.1, 0.15) is 0 Å². The van der Waals surface area contributed by atoms with E-state index in [1.54, 1.807) is 0 Å². The molecule has 1 heterocycles. The number of nitrogens with zero attached hydrogens (tertiary/aromatic N) is 2. The number of benzene rings is 1. The van der Waals surface area contributed by atoms with Crippen molar-refractivity contribution < 1.29 is 10.2 Å². The number of rotatable bonds is 4. The lowest BCUT2D eigenvalue weighted by molar-refractivity contribution is 0.0575. The predicted molar refractivity (Wildman–Crippen MR) is 68.2 cm³/mol. The lowest BCUT2D eigenvalue weighted by atomic mass is 10.2. The number of para-hydroxylation sites is 1. The molecule has 0 unspecified atom stereocenters. The van der Waals surface area contributed by atoms with E-state index in [4.69, 9.17) is 5.11 Å². The van der Waals surface area contributed by atoms with Crippen LogP contribution in [0.1, 0.15) is 0 Å². The smallest absolute Gasteiger partial charge is 0.0897 e. The zero-order chi connectivity index (χ0) is 12.1. The molecule has 2 N–H and O–H groups in total. The summed E-state index contributed by atoms with van der Waals surface area (Å²) in [6.07, 6.45) is -0.613. The summed E-state index contributed by atoms with van der Waals surface area (Å²) in [5.74, 6) is 0. The molecular formula is C13H20N2O2. The maximum Gasteiger partial charge on any atom is 0.0897 e. The van der Waals surface area contributed by atoms with Gasteiger partial charge in [0.15, 0.2) is 0 Å². The second-order valence-electron chi connectivity index (χ2n) is 4.46. The van der Waals surface area contributed by atoms with E-state index in [-0.39, 0.29) is 6.61 Å². The molecule has 4 nitrogen and oxygen atoms in total. The lowest BCUT2D eigenvalue weighted by Crippen LogP contribution is -2.49. The van der Waals surface area contributed by atoms with Gasteiger partial charge in [0.25, 0.3) is 0 Å². The molecule has 0 bridgehead atoms. The van der Waals surface area contributed by atoms with Crippen molar-refractivity contribution in [2.45, 2.75) is 6.10 Å². The number of anilines is 1. The summed E-state index contributed by atoms with van der Waals surface area (Å²) in [4.78, 5) is 4.54. The molecule has 0 spiro atoms. The molecule has 1 aromatic carbocycles. The van der Waals surface area contributed by atoms with Gasteiger partial charge in [0.2, 0.25) is 0 Å². The molecule has 0 aromatic heterocycles. The van der Waals surface area contributed by atoms with Gasteiger partial charge in [-0.3, -0.25) is 4.90 Å². The molecular weight excluding hydrogens is 216 g/mol. The standard InChI is InChI=1S/C13H20N2O2/c16-11-13(17)10-14-6-8-15(9-7-14)12-4-2-1-3-5-12/h1-5,13,16-17H,6-11H2/t13-/m1/s1. The zero-order valence-electron chi connectivity index (χ0n) is 10.00. The first-order chi connectivity index (χ1) is 8.29. The van der Waals surface area contributed by atoms with E-state index in [1.165, 1.54) is 5.69 Å². The third-order valence-electron chi connectivity index (χ3n) is 3.17. The largest absolute Gasteiger partial charge is 0.394 e. The van der Waals surface area contributed by atoms with Gasteiger partial charge in [-0.05, 0) is 12.1 Å². The molecule has 1 atom stereocenters. The second-order valence-corrected chi connectivity index (χ2v) is 4.46. The SMILES string of the molecule is OC[C@H](O)CN1CCN(c2ccccc2)CC1. The Labute approximate surface area is 102 Å². The number of aliphatic hydroxyl groups is 2. The van der Waals surface area contributed by atoms with Crippen LogP contribution in [-0.4, -0.2) is 60.5 Å². The molecule has 17 heavy (non-hydrogen) atoms. The molecule has 2 rings (SSSR count). The fraction of sp³-hybridized carbons (Fsp3) is 0.538. The molecule has 1 saturated heterocycles. The van der Waals surface area contributed by atoms with Crippen LogP contribution in [0.4, 0.5) is 5.69 Å². The minimum atomic E-state index is -0.613. The van der Waals surface area contributed by atoms with E-state index in [9.17, 15) is 5.11 Å². The molecule has 1 fully saturated rings. The summed E-state index contributed by atoms with van der Waals surface area (Å²) in [6, 6.07) is 10.4. The summed E-state index contributed by atoms with van der Waals surface area (Å²) < 4.78 is 0. The van der Waals surface area contributed by atoms with Crippen LogP contribution in [0.5, 0.6) is 0 Å². The molecule has 1 aliphatic heterocycles. The molecule has 1 aromatic rings. The highest BCUT2D eigenvalue weighted by molar-refractivity contribution is 5.46. The van der Waals surface area contributed by atoms with E-state index < -0.39 is 6.10 Å². The van der Waals surface area contributed by atoms with E-state index >= 15 is 0 Å². The average Bonchev–Trinajstić information content (AvgIpc) is 2.40. The first kappa shape index (κ1) is 12.4. The maximum atomic E-state index is 9.39. The van der Waals surface area contributed by atoms with Gasteiger partial charge in [-0.25, -0.2) is 0 Å². The minimum Gasteiger partial charge on any atom is -0.394 e. The number of β-amino-alcohol motifs (C(OH)–C–C–N with tert-alkyl or cyclic N) is 1. The fourth-order valence-corrected chi connectivity index (χ4v) is 2.18. The Hall–Kier alpha value is -1.10. The third-order valence-corrected chi connectivity index (χ3v) is 3.17. The minimum absolute atomic E-state index is 0.154. The Morgan fingerprint density at radius 3 is 2.29 bits per heavy atom. The van der Waals surface area contributed by atoms with Crippen LogP contribution in [0.3, 0.4) is 0 Å². The topological polar surface area (TPSA) is 46.9 Å². The van der Waals surface area contributed by atoms with Gasteiger partial charge in [0, 0.05) is 38.4 Å². The van der Waals surface area contributed by atoms with Crippen LogP contribution in [0.2, 0.25) is 0 Å². The van der Waals surface area contributed by atoms with Gasteiger partial charge in [-0.2, -0.15) is 0 Å². The lowest BCUT2D eigenvalue weighted by Gasteiger charge is -2.36. The van der Waals surface area contributed by atoms with Crippen molar-refractivity contribution in [1.82, 2.24) is 4.90 Å². The van der Waals surface area contributed by atoms with Crippen LogP contribution in [0, 0.1) is 0 Å². The van der Waals surface area contributed by atoms with Crippen molar-refractivity contribution in [2.24, 2.45) is 0 Å². The van der Waals surface area contributed by atoms with Gasteiger partial charge in [0.05, 0.1) is 12.7 Å². The van der Waals surface area contributed by atoms with E-state index in [0.29, 0.717) is 6.54 Å². The monoisotopic (exact) mass is 236 g/mol. The molecule has 0 radical (unpaired) electrons. The number of hydrogen-bond acceptors (Lipinski definition) is 4. The van der Waals surface area contributed by atoms with Crippen molar-refractivity contribution in [3.63, 3.8) is 0 Å².